The van der Waals surface area contributed by atoms with E-state index < -0.39 is 11.4 Å². The van der Waals surface area contributed by atoms with Gasteiger partial charge in [0.2, 0.25) is 0 Å². The van der Waals surface area contributed by atoms with Crippen LogP contribution < -0.4 is 0 Å². The van der Waals surface area contributed by atoms with E-state index in [1.807, 2.05) is 30.3 Å². The highest BCUT2D eigenvalue weighted by Gasteiger charge is 2.58. The van der Waals surface area contributed by atoms with Crippen LogP contribution in [0.4, 0.5) is 4.79 Å². The minimum absolute atomic E-state index is 0.0101. The second-order valence-corrected chi connectivity index (χ2v) is 7.84. The average Bonchev–Trinajstić information content (AvgIpc) is 3.16. The number of aliphatic carboxylic acids is 1. The smallest absolute Gasteiger partial charge is 0.319 e. The van der Waals surface area contributed by atoms with Gasteiger partial charge >= 0.3 is 12.0 Å². The first-order valence-corrected chi connectivity index (χ1v) is 9.46. The number of benzene rings is 1. The molecule has 0 aliphatic carbocycles. The van der Waals surface area contributed by atoms with Gasteiger partial charge in [-0.05, 0) is 12.0 Å². The number of hydrogen-bond donors (Lipinski definition) is 1. The Hall–Kier alpha value is -2.12. The highest BCUT2D eigenvalue weighted by Crippen LogP contribution is 2.43. The lowest BCUT2D eigenvalue weighted by molar-refractivity contribution is -0.148. The molecular weight excluding hydrogens is 346 g/mol. The molecule has 0 aromatic heterocycles. The first kappa shape index (κ1) is 19.6. The summed E-state index contributed by atoms with van der Waals surface area (Å²) in [4.78, 5) is 29.6. The SMILES string of the molecule is CN(C)C(=O)N1C[C@H]2CN(CCCOCc3ccccc3)C[C@@]2(C(=O)O)C1. The Morgan fingerprint density at radius 3 is 2.59 bits per heavy atom. The number of fused-ring (bicyclic) bond motifs is 1. The average molecular weight is 375 g/mol. The molecule has 2 aliphatic rings. The molecule has 7 heteroatoms. The van der Waals surface area contributed by atoms with E-state index in [9.17, 15) is 14.7 Å². The molecule has 1 N–H and O–H groups in total. The lowest BCUT2D eigenvalue weighted by atomic mass is 9.81. The van der Waals surface area contributed by atoms with Crippen molar-refractivity contribution in [3.05, 3.63) is 35.9 Å². The second-order valence-electron chi connectivity index (χ2n) is 7.84. The summed E-state index contributed by atoms with van der Waals surface area (Å²) in [6.07, 6.45) is 0.871. The Labute approximate surface area is 160 Å². The number of nitrogens with zero attached hydrogens (tertiary/aromatic N) is 3. The third kappa shape index (κ3) is 4.25. The predicted octanol–water partition coefficient (Wildman–Crippen LogP) is 1.59. The van der Waals surface area contributed by atoms with Crippen LogP contribution in [0.2, 0.25) is 0 Å². The van der Waals surface area contributed by atoms with Crippen LogP contribution in [0.3, 0.4) is 0 Å². The van der Waals surface area contributed by atoms with Crippen molar-refractivity contribution in [2.24, 2.45) is 11.3 Å². The number of carbonyl (C=O) groups is 2. The molecule has 2 saturated heterocycles. The quantitative estimate of drug-likeness (QED) is 0.733. The normalized spacial score (nSPS) is 24.8. The molecule has 7 nitrogen and oxygen atoms in total. The fourth-order valence-corrected chi connectivity index (χ4v) is 4.23. The maximum absolute atomic E-state index is 12.2. The lowest BCUT2D eigenvalue weighted by Gasteiger charge is -2.27. The zero-order valence-electron chi connectivity index (χ0n) is 16.1. The standard InChI is InChI=1S/C20H29N3O4/c1-21(2)19(26)23-12-17-11-22(14-20(17,15-23)18(24)25)9-6-10-27-13-16-7-4-3-5-8-16/h3-5,7-8,17H,6,9-15H2,1-2H3,(H,24,25)/t17-,20-/m1/s1. The third-order valence-electron chi connectivity index (χ3n) is 5.63. The zero-order chi connectivity index (χ0) is 19.4. The lowest BCUT2D eigenvalue weighted by Crippen LogP contribution is -2.44. The molecule has 2 heterocycles. The summed E-state index contributed by atoms with van der Waals surface area (Å²) in [5.41, 5.74) is 0.319. The maximum atomic E-state index is 12.2. The van der Waals surface area contributed by atoms with Gasteiger partial charge in [0.05, 0.1) is 6.61 Å². The molecule has 0 unspecified atom stereocenters. The van der Waals surface area contributed by atoms with E-state index in [4.69, 9.17) is 4.74 Å². The molecule has 1 aromatic carbocycles. The predicted molar refractivity (Wildman–Crippen MR) is 101 cm³/mol. The molecule has 2 aliphatic heterocycles. The highest BCUT2D eigenvalue weighted by molar-refractivity contribution is 5.80. The molecule has 0 bridgehead atoms. The van der Waals surface area contributed by atoms with Crippen LogP contribution in [0.25, 0.3) is 0 Å². The molecule has 0 saturated carbocycles. The van der Waals surface area contributed by atoms with E-state index >= 15 is 0 Å². The molecular formula is C20H29N3O4. The number of likely N-dealkylation sites (tertiary alicyclic amines) is 2. The summed E-state index contributed by atoms with van der Waals surface area (Å²) >= 11 is 0. The van der Waals surface area contributed by atoms with Crippen molar-refractivity contribution in [3.63, 3.8) is 0 Å². The molecule has 2 atom stereocenters. The van der Waals surface area contributed by atoms with E-state index in [-0.39, 0.29) is 11.9 Å². The number of urea groups is 1. The molecule has 0 spiro atoms. The molecule has 3 rings (SSSR count). The van der Waals surface area contributed by atoms with Crippen LogP contribution in [0.1, 0.15) is 12.0 Å². The molecule has 2 fully saturated rings. The number of rotatable bonds is 7. The Kier molecular flexibility index (Phi) is 6.01. The van der Waals surface area contributed by atoms with Crippen molar-refractivity contribution >= 4 is 12.0 Å². The maximum Gasteiger partial charge on any atom is 0.319 e. The molecule has 27 heavy (non-hydrogen) atoms. The van der Waals surface area contributed by atoms with Crippen LogP contribution in [-0.4, -0.2) is 85.2 Å². The van der Waals surface area contributed by atoms with Gasteiger partial charge in [-0.1, -0.05) is 30.3 Å². The van der Waals surface area contributed by atoms with Gasteiger partial charge in [-0.15, -0.1) is 0 Å². The fourth-order valence-electron chi connectivity index (χ4n) is 4.23. The number of carboxylic acids is 1. The summed E-state index contributed by atoms with van der Waals surface area (Å²) in [5, 5.41) is 9.86. The van der Waals surface area contributed by atoms with Crippen molar-refractivity contribution in [2.45, 2.75) is 13.0 Å². The molecule has 2 amide bonds. The first-order valence-electron chi connectivity index (χ1n) is 9.46. The fraction of sp³-hybridized carbons (Fsp3) is 0.600. The zero-order valence-corrected chi connectivity index (χ0v) is 16.1. The second kappa shape index (κ2) is 8.27. The van der Waals surface area contributed by atoms with Crippen LogP contribution in [0, 0.1) is 11.3 Å². The van der Waals surface area contributed by atoms with Crippen LogP contribution in [0.5, 0.6) is 0 Å². The van der Waals surface area contributed by atoms with Gasteiger partial charge in [-0.2, -0.15) is 0 Å². The Morgan fingerprint density at radius 1 is 1.22 bits per heavy atom. The summed E-state index contributed by atoms with van der Waals surface area (Å²) in [7, 11) is 3.40. The van der Waals surface area contributed by atoms with Gasteiger partial charge in [-0.3, -0.25) is 4.79 Å². The third-order valence-corrected chi connectivity index (χ3v) is 5.63. The van der Waals surface area contributed by atoms with Crippen molar-refractivity contribution in [3.8, 4) is 0 Å². The van der Waals surface area contributed by atoms with Crippen molar-refractivity contribution < 1.29 is 19.4 Å². The number of amides is 2. The topological polar surface area (TPSA) is 73.3 Å². The largest absolute Gasteiger partial charge is 0.481 e. The molecule has 148 valence electrons. The van der Waals surface area contributed by atoms with Gasteiger partial charge in [0, 0.05) is 59.3 Å². The van der Waals surface area contributed by atoms with Crippen molar-refractivity contribution in [2.75, 3.05) is 53.4 Å². The van der Waals surface area contributed by atoms with Crippen LogP contribution >= 0.6 is 0 Å². The van der Waals surface area contributed by atoms with Crippen LogP contribution in [0.15, 0.2) is 30.3 Å². The minimum Gasteiger partial charge on any atom is -0.481 e. The number of carbonyl (C=O) groups excluding carboxylic acids is 1. The van der Waals surface area contributed by atoms with Gasteiger partial charge in [0.1, 0.15) is 5.41 Å². The van der Waals surface area contributed by atoms with Crippen molar-refractivity contribution in [1.82, 2.24) is 14.7 Å². The summed E-state index contributed by atoms with van der Waals surface area (Å²) < 4.78 is 5.72. The van der Waals surface area contributed by atoms with E-state index in [1.54, 1.807) is 19.0 Å². The summed E-state index contributed by atoms with van der Waals surface area (Å²) in [5.74, 6) is -0.798. The summed E-state index contributed by atoms with van der Waals surface area (Å²) in [6.45, 7) is 4.12. The number of ether oxygens (including phenoxy) is 1. The Balaban J connectivity index is 1.46. The monoisotopic (exact) mass is 375 g/mol. The number of carboxylic acid groups (broad SMARTS) is 1. The van der Waals surface area contributed by atoms with Gasteiger partial charge in [0.15, 0.2) is 0 Å². The van der Waals surface area contributed by atoms with E-state index in [0.29, 0.717) is 32.8 Å². The van der Waals surface area contributed by atoms with Gasteiger partial charge in [-0.25, -0.2) is 4.79 Å². The Bertz CT molecular complexity index is 666. The number of hydrogen-bond acceptors (Lipinski definition) is 4. The summed E-state index contributed by atoms with van der Waals surface area (Å²) in [6, 6.07) is 9.96. The van der Waals surface area contributed by atoms with E-state index in [1.165, 1.54) is 4.90 Å². The highest BCUT2D eigenvalue weighted by atomic mass is 16.5. The Morgan fingerprint density at radius 2 is 1.96 bits per heavy atom. The molecule has 1 aromatic rings. The minimum atomic E-state index is -0.837. The van der Waals surface area contributed by atoms with Gasteiger partial charge < -0.3 is 24.5 Å². The molecule has 0 radical (unpaired) electrons. The van der Waals surface area contributed by atoms with Crippen molar-refractivity contribution in [1.29, 1.82) is 0 Å². The van der Waals surface area contributed by atoms with E-state index in [2.05, 4.69) is 4.90 Å². The first-order chi connectivity index (χ1) is 12.9. The van der Waals surface area contributed by atoms with Gasteiger partial charge in [0.25, 0.3) is 0 Å². The van der Waals surface area contributed by atoms with Crippen LogP contribution in [-0.2, 0) is 16.1 Å². The van der Waals surface area contributed by atoms with E-state index in [0.717, 1.165) is 25.1 Å².